The average molecular weight is 813 g/mol. The van der Waals surface area contributed by atoms with Gasteiger partial charge in [0, 0.05) is 18.9 Å². The van der Waals surface area contributed by atoms with Gasteiger partial charge in [0.25, 0.3) is 17.4 Å². The van der Waals surface area contributed by atoms with E-state index in [2.05, 4.69) is 20.5 Å². The molecule has 3 fully saturated rings. The second-order valence-electron chi connectivity index (χ2n) is 15.3. The number of ether oxygens (including phenoxy) is 1. The van der Waals surface area contributed by atoms with Crippen molar-refractivity contribution >= 4 is 55.8 Å². The van der Waals surface area contributed by atoms with E-state index >= 15 is 0 Å². The van der Waals surface area contributed by atoms with E-state index < -0.39 is 74.0 Å². The number of amides is 4. The Balaban J connectivity index is 1.17. The molecule has 2 aromatic heterocycles. The molecular formula is C41H44N6O8S2. The second kappa shape index (κ2) is 15.5. The largest absolute Gasteiger partial charge is 0.494 e. The standard InChI is InChI=1S/C41H44N6O8S2/c1-55-33-23-42-47(39(51)35(33)30-15-9-12-25-11-7-8-14-29(25)30)27-21-32-36(48)44-41(40(52)45-57(53,54)28-18-19-28)22-26(41)13-5-3-2-4-6-16-31(38(50)46(32)24-27)43-37(49)34-17-10-20-56-34/h5,7-15,17,20,23,26-28,31-32H,2-4,6,16,18-19,21-22,24H2,1H3,(H,43,49)(H,44,48)(H,45,52)/b13-5-/t26-,27?,31+,32+,41?/m1/s1. The quantitative estimate of drug-likeness (QED) is 0.221. The summed E-state index contributed by atoms with van der Waals surface area (Å²) >= 11 is 1.24. The molecule has 5 atom stereocenters. The molecule has 3 N–H and O–H groups in total. The summed E-state index contributed by atoms with van der Waals surface area (Å²) in [4.78, 5) is 72.9. The topological polar surface area (TPSA) is 186 Å². The maximum atomic E-state index is 14.7. The van der Waals surface area contributed by atoms with E-state index in [-0.39, 0.29) is 30.7 Å². The van der Waals surface area contributed by atoms with Gasteiger partial charge in [0.1, 0.15) is 17.6 Å². The number of nitrogens with one attached hydrogen (secondary N) is 3. The van der Waals surface area contributed by atoms with Gasteiger partial charge >= 0.3 is 0 Å². The molecule has 2 aromatic carbocycles. The Labute approximate surface area is 333 Å². The van der Waals surface area contributed by atoms with Crippen LogP contribution in [0.15, 0.2) is 83.1 Å². The molecule has 0 spiro atoms. The molecule has 1 saturated heterocycles. The number of hydrogen-bond donors (Lipinski definition) is 3. The molecule has 2 saturated carbocycles. The summed E-state index contributed by atoms with van der Waals surface area (Å²) < 4.78 is 35.0. The molecule has 0 bridgehead atoms. The lowest BCUT2D eigenvalue weighted by Crippen LogP contribution is -2.58. The Bertz CT molecular complexity index is 2420. The van der Waals surface area contributed by atoms with Gasteiger partial charge in [-0.15, -0.1) is 11.3 Å². The molecule has 4 heterocycles. The number of hydrogen-bond acceptors (Lipinski definition) is 10. The van der Waals surface area contributed by atoms with Gasteiger partial charge in [0.2, 0.25) is 21.8 Å². The predicted molar refractivity (Wildman–Crippen MR) is 214 cm³/mol. The van der Waals surface area contributed by atoms with Crippen LogP contribution in [0.1, 0.15) is 73.5 Å². The van der Waals surface area contributed by atoms with E-state index in [0.717, 1.165) is 23.6 Å². The van der Waals surface area contributed by atoms with Crippen LogP contribution in [-0.4, -0.2) is 83.3 Å². The third-order valence-electron chi connectivity index (χ3n) is 11.5. The molecule has 298 valence electrons. The summed E-state index contributed by atoms with van der Waals surface area (Å²) in [6, 6.07) is 13.7. The molecule has 2 aliphatic carbocycles. The Morgan fingerprint density at radius 3 is 2.58 bits per heavy atom. The molecule has 16 heteroatoms. The predicted octanol–water partition coefficient (Wildman–Crippen LogP) is 4.08. The van der Waals surface area contributed by atoms with Crippen LogP contribution in [0.25, 0.3) is 21.9 Å². The zero-order valence-electron chi connectivity index (χ0n) is 31.4. The van der Waals surface area contributed by atoms with Crippen LogP contribution in [0.5, 0.6) is 5.75 Å². The van der Waals surface area contributed by atoms with Gasteiger partial charge in [-0.3, -0.25) is 28.7 Å². The first kappa shape index (κ1) is 38.5. The number of rotatable bonds is 8. The number of benzene rings is 2. The van der Waals surface area contributed by atoms with Crippen LogP contribution in [0.2, 0.25) is 0 Å². The third kappa shape index (κ3) is 7.59. The van der Waals surface area contributed by atoms with Gasteiger partial charge in [0.15, 0.2) is 5.75 Å². The van der Waals surface area contributed by atoms with Gasteiger partial charge in [-0.1, -0.05) is 73.5 Å². The van der Waals surface area contributed by atoms with Gasteiger partial charge < -0.3 is 20.3 Å². The van der Waals surface area contributed by atoms with Crippen molar-refractivity contribution in [3.63, 3.8) is 0 Å². The summed E-state index contributed by atoms with van der Waals surface area (Å²) in [6.07, 6.45) is 9.43. The molecule has 4 amide bonds. The number of aromatic nitrogens is 2. The van der Waals surface area contributed by atoms with E-state index in [1.165, 1.54) is 34.2 Å². The lowest BCUT2D eigenvalue weighted by Gasteiger charge is -2.30. The van der Waals surface area contributed by atoms with Crippen LogP contribution in [0.3, 0.4) is 0 Å². The summed E-state index contributed by atoms with van der Waals surface area (Å²) in [7, 11) is -2.47. The summed E-state index contributed by atoms with van der Waals surface area (Å²) in [5, 5.41) is 13.1. The summed E-state index contributed by atoms with van der Waals surface area (Å²) in [6.45, 7) is -0.102. The highest BCUT2D eigenvalue weighted by atomic mass is 32.2. The second-order valence-corrected chi connectivity index (χ2v) is 18.2. The number of fused-ring (bicyclic) bond motifs is 3. The lowest BCUT2D eigenvalue weighted by atomic mass is 9.99. The molecule has 14 nitrogen and oxygen atoms in total. The Morgan fingerprint density at radius 2 is 1.81 bits per heavy atom. The Kier molecular flexibility index (Phi) is 10.5. The van der Waals surface area contributed by atoms with Crippen LogP contribution in [-0.2, 0) is 24.4 Å². The summed E-state index contributed by atoms with van der Waals surface area (Å²) in [5.41, 5.74) is -1.13. The smallest absolute Gasteiger partial charge is 0.278 e. The molecule has 4 aromatic rings. The maximum Gasteiger partial charge on any atom is 0.278 e. The highest BCUT2D eigenvalue weighted by molar-refractivity contribution is 7.91. The van der Waals surface area contributed by atoms with Gasteiger partial charge in [0.05, 0.1) is 35.0 Å². The number of allylic oxidation sites excluding steroid dienone is 1. The van der Waals surface area contributed by atoms with Crippen LogP contribution >= 0.6 is 11.3 Å². The number of sulfonamides is 1. The number of nitrogens with zero attached hydrogens (tertiary/aromatic N) is 3. The highest BCUT2D eigenvalue weighted by Gasteiger charge is 2.62. The molecule has 4 aliphatic rings. The minimum absolute atomic E-state index is 0.0457. The third-order valence-corrected chi connectivity index (χ3v) is 14.2. The molecule has 2 unspecified atom stereocenters. The van der Waals surface area contributed by atoms with Crippen molar-refractivity contribution in [2.45, 2.75) is 86.7 Å². The SMILES string of the molecule is COc1cnn(C2C[C@H]3C(=O)NC4(C(=O)NS(=O)(=O)C5CC5)C[C@H]4/C=C\CCCCC[C@H](NC(=O)c4cccs4)C(=O)N3C2)c(=O)c1-c1cccc2ccccc12. The summed E-state index contributed by atoms with van der Waals surface area (Å²) in [5.74, 6) is -2.62. The molecule has 2 aliphatic heterocycles. The zero-order valence-corrected chi connectivity index (χ0v) is 33.0. The van der Waals surface area contributed by atoms with Crippen molar-refractivity contribution in [3.05, 3.63) is 93.6 Å². The fourth-order valence-electron chi connectivity index (χ4n) is 8.15. The Morgan fingerprint density at radius 1 is 1.00 bits per heavy atom. The fourth-order valence-corrected chi connectivity index (χ4v) is 10.1. The molecule has 8 rings (SSSR count). The monoisotopic (exact) mass is 812 g/mol. The lowest BCUT2D eigenvalue weighted by molar-refractivity contribution is -0.141. The van der Waals surface area contributed by atoms with Gasteiger partial charge in [-0.2, -0.15) is 5.10 Å². The first-order chi connectivity index (χ1) is 27.5. The highest BCUT2D eigenvalue weighted by Crippen LogP contribution is 2.46. The maximum absolute atomic E-state index is 14.7. The molecular weight excluding hydrogens is 769 g/mol. The van der Waals surface area contributed by atoms with Crippen molar-refractivity contribution in [3.8, 4) is 16.9 Å². The van der Waals surface area contributed by atoms with Crippen LogP contribution < -0.4 is 25.7 Å². The van der Waals surface area contributed by atoms with Crippen molar-refractivity contribution in [2.75, 3.05) is 13.7 Å². The molecule has 57 heavy (non-hydrogen) atoms. The fraction of sp³-hybridized carbons (Fsp3) is 0.415. The Hall–Kier alpha value is -5.35. The van der Waals surface area contributed by atoms with Crippen molar-refractivity contribution < 1.29 is 32.3 Å². The van der Waals surface area contributed by atoms with Crippen molar-refractivity contribution in [1.82, 2.24) is 30.0 Å². The zero-order chi connectivity index (χ0) is 39.9. The number of thiophene rings is 1. The van der Waals surface area contributed by atoms with Crippen molar-refractivity contribution in [2.24, 2.45) is 5.92 Å². The van der Waals surface area contributed by atoms with Crippen LogP contribution in [0, 0.1) is 5.92 Å². The number of carbonyl (C=O) groups excluding carboxylic acids is 4. The van der Waals surface area contributed by atoms with E-state index in [9.17, 15) is 32.4 Å². The number of carbonyl (C=O) groups is 4. The van der Waals surface area contributed by atoms with E-state index in [0.29, 0.717) is 42.5 Å². The van der Waals surface area contributed by atoms with Crippen LogP contribution in [0.4, 0.5) is 0 Å². The molecule has 0 radical (unpaired) electrons. The first-order valence-corrected chi connectivity index (χ1v) is 21.8. The van der Waals surface area contributed by atoms with E-state index in [1.54, 1.807) is 17.5 Å². The van der Waals surface area contributed by atoms with Gasteiger partial charge in [-0.05, 0) is 66.3 Å². The first-order valence-electron chi connectivity index (χ1n) is 19.3. The minimum Gasteiger partial charge on any atom is -0.494 e. The average Bonchev–Trinajstić information content (AvgIpc) is 4.06. The number of methoxy groups -OCH3 is 1. The van der Waals surface area contributed by atoms with E-state index in [1.807, 2.05) is 54.6 Å². The van der Waals surface area contributed by atoms with Gasteiger partial charge in [-0.25, -0.2) is 13.1 Å². The normalized spacial score (nSPS) is 25.9. The minimum atomic E-state index is -3.93. The van der Waals surface area contributed by atoms with Crippen molar-refractivity contribution in [1.29, 1.82) is 0 Å². The van der Waals surface area contributed by atoms with E-state index in [4.69, 9.17) is 4.74 Å².